The van der Waals surface area contributed by atoms with E-state index in [0.717, 1.165) is 38.2 Å². The number of benzene rings is 1. The van der Waals surface area contributed by atoms with Crippen LogP contribution in [0.2, 0.25) is 0 Å². The van der Waals surface area contributed by atoms with Gasteiger partial charge in [-0.1, -0.05) is 18.2 Å². The Kier molecular flexibility index (Phi) is 5.18. The second-order valence-electron chi connectivity index (χ2n) is 4.59. The van der Waals surface area contributed by atoms with Crippen molar-refractivity contribution in [3.8, 4) is 0 Å². The van der Waals surface area contributed by atoms with Gasteiger partial charge in [0.25, 0.3) is 0 Å². The molecule has 1 atom stereocenters. The lowest BCUT2D eigenvalue weighted by Gasteiger charge is -2.26. The second-order valence-corrected chi connectivity index (χ2v) is 4.59. The largest absolute Gasteiger partial charge is 0.376 e. The molecule has 1 aliphatic heterocycles. The van der Waals surface area contributed by atoms with Crippen molar-refractivity contribution in [2.75, 3.05) is 19.7 Å². The van der Waals surface area contributed by atoms with Crippen LogP contribution in [0.3, 0.4) is 0 Å². The molecule has 3 N–H and O–H groups in total. The molecule has 0 radical (unpaired) electrons. The predicted octanol–water partition coefficient (Wildman–Crippen LogP) is 1.64. The number of para-hydroxylation sites is 1. The van der Waals surface area contributed by atoms with Gasteiger partial charge in [0.05, 0.1) is 11.8 Å². The Labute approximate surface area is 114 Å². The Bertz CT molecular complexity index is 401. The highest BCUT2D eigenvalue weighted by Crippen LogP contribution is 2.15. The first kappa shape index (κ1) is 13.8. The molecule has 1 aromatic carbocycles. The van der Waals surface area contributed by atoms with E-state index >= 15 is 0 Å². The lowest BCUT2D eigenvalue weighted by Crippen LogP contribution is -2.47. The van der Waals surface area contributed by atoms with Crippen molar-refractivity contribution in [1.29, 1.82) is 0 Å². The second kappa shape index (κ2) is 7.11. The van der Waals surface area contributed by atoms with Gasteiger partial charge in [-0.15, -0.1) is 0 Å². The van der Waals surface area contributed by atoms with E-state index < -0.39 is 0 Å². The van der Waals surface area contributed by atoms with Gasteiger partial charge < -0.3 is 9.64 Å². The maximum atomic E-state index is 5.66. The predicted molar refractivity (Wildman–Crippen MR) is 77.1 cm³/mol. The first-order chi connectivity index (χ1) is 9.33. The fourth-order valence-corrected chi connectivity index (χ4v) is 2.22. The van der Waals surface area contributed by atoms with Gasteiger partial charge in [-0.25, -0.2) is 10.8 Å². The molecule has 0 aromatic heterocycles. The van der Waals surface area contributed by atoms with Crippen LogP contribution in [-0.4, -0.2) is 36.7 Å². The summed E-state index contributed by atoms with van der Waals surface area (Å²) in [5.41, 5.74) is 3.59. The van der Waals surface area contributed by atoms with Crippen molar-refractivity contribution < 1.29 is 4.74 Å². The summed E-state index contributed by atoms with van der Waals surface area (Å²) in [7, 11) is 0. The van der Waals surface area contributed by atoms with Crippen molar-refractivity contribution in [2.24, 2.45) is 10.8 Å². The number of hydrazine groups is 1. The van der Waals surface area contributed by atoms with Crippen LogP contribution in [0.25, 0.3) is 0 Å². The lowest BCUT2D eigenvalue weighted by molar-refractivity contribution is 0.0915. The number of rotatable bonds is 4. The van der Waals surface area contributed by atoms with Gasteiger partial charge in [0.15, 0.2) is 0 Å². The van der Waals surface area contributed by atoms with Crippen molar-refractivity contribution >= 4 is 11.6 Å². The Morgan fingerprint density at radius 1 is 1.47 bits per heavy atom. The smallest absolute Gasteiger partial charge is 0.213 e. The number of likely N-dealkylation sites (N-methyl/N-ethyl adjacent to an activating group) is 1. The van der Waals surface area contributed by atoms with Gasteiger partial charge in [0.2, 0.25) is 5.96 Å². The number of ether oxygens (including phenoxy) is 1. The maximum absolute atomic E-state index is 5.66. The number of nitrogens with two attached hydrogens (primary N) is 1. The molecule has 0 saturated carbocycles. The minimum atomic E-state index is 0.286. The highest BCUT2D eigenvalue weighted by Gasteiger charge is 2.20. The molecule has 1 saturated heterocycles. The van der Waals surface area contributed by atoms with Crippen LogP contribution in [0, 0.1) is 0 Å². The summed E-state index contributed by atoms with van der Waals surface area (Å²) in [6, 6.07) is 9.81. The van der Waals surface area contributed by atoms with Crippen molar-refractivity contribution in [1.82, 2.24) is 10.3 Å². The van der Waals surface area contributed by atoms with Crippen LogP contribution < -0.4 is 11.3 Å². The third kappa shape index (κ3) is 3.94. The summed E-state index contributed by atoms with van der Waals surface area (Å²) >= 11 is 0. The molecule has 104 valence electrons. The molecule has 1 fully saturated rings. The van der Waals surface area contributed by atoms with Crippen molar-refractivity contribution in [2.45, 2.75) is 25.9 Å². The Morgan fingerprint density at radius 3 is 2.84 bits per heavy atom. The highest BCUT2D eigenvalue weighted by atomic mass is 16.5. The number of guanidine groups is 1. The van der Waals surface area contributed by atoms with E-state index in [1.807, 2.05) is 30.3 Å². The number of aliphatic imine (C=N–C) groups is 1. The molecule has 2 rings (SSSR count). The zero-order valence-corrected chi connectivity index (χ0v) is 11.4. The average molecular weight is 262 g/mol. The Morgan fingerprint density at radius 2 is 2.26 bits per heavy atom. The number of nitrogens with one attached hydrogen (secondary N) is 1. The van der Waals surface area contributed by atoms with E-state index in [1.54, 1.807) is 0 Å². The number of nitrogens with zero attached hydrogens (tertiary/aromatic N) is 2. The SMILES string of the molecule is CCN(CC1CCCO1)C(=Nc1ccccc1)NN. The normalized spacial score (nSPS) is 19.5. The molecule has 0 spiro atoms. The molecular formula is C14H22N4O. The van der Waals surface area contributed by atoms with Crippen molar-refractivity contribution in [3.05, 3.63) is 30.3 Å². The van der Waals surface area contributed by atoms with E-state index in [9.17, 15) is 0 Å². The van der Waals surface area contributed by atoms with E-state index in [-0.39, 0.29) is 6.10 Å². The summed E-state index contributed by atoms with van der Waals surface area (Å²) in [4.78, 5) is 6.66. The third-order valence-electron chi connectivity index (χ3n) is 3.25. The number of hydrogen-bond acceptors (Lipinski definition) is 3. The van der Waals surface area contributed by atoms with E-state index in [2.05, 4.69) is 22.2 Å². The van der Waals surface area contributed by atoms with Gasteiger partial charge in [-0.3, -0.25) is 5.43 Å². The summed E-state index contributed by atoms with van der Waals surface area (Å²) in [5.74, 6) is 6.29. The standard InChI is InChI=1S/C14H22N4O/c1-2-18(11-13-9-6-10-19-13)14(17-15)16-12-7-4-3-5-8-12/h3-5,7-8,13H,2,6,9-11,15H2,1H3,(H,16,17). The molecule has 0 aliphatic carbocycles. The average Bonchev–Trinajstić information content (AvgIpc) is 2.96. The Hall–Kier alpha value is -1.59. The Balaban J connectivity index is 2.07. The molecule has 0 bridgehead atoms. The third-order valence-corrected chi connectivity index (χ3v) is 3.25. The van der Waals surface area contributed by atoms with Crippen LogP contribution >= 0.6 is 0 Å². The maximum Gasteiger partial charge on any atom is 0.213 e. The van der Waals surface area contributed by atoms with E-state index in [0.29, 0.717) is 5.96 Å². The summed E-state index contributed by atoms with van der Waals surface area (Å²) in [5, 5.41) is 0. The summed E-state index contributed by atoms with van der Waals surface area (Å²) in [6.45, 7) is 4.62. The van der Waals surface area contributed by atoms with Gasteiger partial charge in [0.1, 0.15) is 0 Å². The van der Waals surface area contributed by atoms with Crippen LogP contribution in [-0.2, 0) is 4.74 Å². The summed E-state index contributed by atoms with van der Waals surface area (Å²) < 4.78 is 5.66. The molecule has 1 unspecified atom stereocenters. The van der Waals surface area contributed by atoms with Gasteiger partial charge in [-0.05, 0) is 31.9 Å². The fraction of sp³-hybridized carbons (Fsp3) is 0.500. The quantitative estimate of drug-likeness (QED) is 0.375. The van der Waals surface area contributed by atoms with Crippen LogP contribution in [0.4, 0.5) is 5.69 Å². The van der Waals surface area contributed by atoms with E-state index in [1.165, 1.54) is 0 Å². The van der Waals surface area contributed by atoms with Crippen LogP contribution in [0.15, 0.2) is 35.3 Å². The first-order valence-corrected chi connectivity index (χ1v) is 6.80. The van der Waals surface area contributed by atoms with Gasteiger partial charge in [-0.2, -0.15) is 0 Å². The minimum Gasteiger partial charge on any atom is -0.376 e. The fourth-order valence-electron chi connectivity index (χ4n) is 2.22. The van der Waals surface area contributed by atoms with Gasteiger partial charge in [0, 0.05) is 19.7 Å². The molecule has 5 heteroatoms. The van der Waals surface area contributed by atoms with E-state index in [4.69, 9.17) is 10.6 Å². The lowest BCUT2D eigenvalue weighted by atomic mass is 10.2. The minimum absolute atomic E-state index is 0.286. The number of hydrogen-bond donors (Lipinski definition) is 2. The zero-order chi connectivity index (χ0) is 13.5. The van der Waals surface area contributed by atoms with Gasteiger partial charge >= 0.3 is 0 Å². The summed E-state index contributed by atoms with van der Waals surface area (Å²) in [6.07, 6.45) is 2.54. The first-order valence-electron chi connectivity index (χ1n) is 6.80. The zero-order valence-electron chi connectivity index (χ0n) is 11.4. The molecule has 1 aliphatic rings. The van der Waals surface area contributed by atoms with Crippen LogP contribution in [0.5, 0.6) is 0 Å². The molecule has 1 aromatic rings. The van der Waals surface area contributed by atoms with Crippen molar-refractivity contribution in [3.63, 3.8) is 0 Å². The molecule has 1 heterocycles. The molecule has 0 amide bonds. The molecule has 19 heavy (non-hydrogen) atoms. The molecule has 5 nitrogen and oxygen atoms in total. The molecular weight excluding hydrogens is 240 g/mol. The monoisotopic (exact) mass is 262 g/mol. The highest BCUT2D eigenvalue weighted by molar-refractivity contribution is 5.82. The topological polar surface area (TPSA) is 62.9 Å². The van der Waals surface area contributed by atoms with Crippen LogP contribution in [0.1, 0.15) is 19.8 Å².